The lowest BCUT2D eigenvalue weighted by atomic mass is 10.5. The molecule has 0 aromatic carbocycles. The zero-order chi connectivity index (χ0) is 6.41. The quantitative estimate of drug-likeness (QED) is 0.553. The molecule has 0 spiro atoms. The molecule has 2 nitrogen and oxygen atoms in total. The molecule has 48 valence electrons. The Morgan fingerprint density at radius 3 is 1.88 bits per heavy atom. The van der Waals surface area contributed by atoms with Crippen molar-refractivity contribution in [2.24, 2.45) is 5.73 Å². The third-order valence-electron chi connectivity index (χ3n) is 1.08. The van der Waals surface area contributed by atoms with Gasteiger partial charge in [-0.25, -0.2) is 0 Å². The topological polar surface area (TPSA) is 29.3 Å². The molecule has 0 saturated heterocycles. The smallest absolute Gasteiger partial charge is 0.0105 e. The van der Waals surface area contributed by atoms with Crippen LogP contribution in [0, 0.1) is 13.8 Å². The molecule has 0 aromatic heterocycles. The monoisotopic (exact) mass is 114 g/mol. The Bertz CT molecular complexity index is 41.8. The van der Waals surface area contributed by atoms with Crippen LogP contribution in [-0.2, 0) is 0 Å². The summed E-state index contributed by atoms with van der Waals surface area (Å²) >= 11 is 0. The molecule has 2 heteroatoms. The Kier molecular flexibility index (Phi) is 5.01. The molecule has 0 aromatic rings. The first-order valence-corrected chi connectivity index (χ1v) is 2.86. The molecule has 2 N–H and O–H groups in total. The van der Waals surface area contributed by atoms with Crippen molar-refractivity contribution in [2.75, 3.05) is 26.2 Å². The predicted octanol–water partition coefficient (Wildman–Crippen LogP) is -0.0847. The Labute approximate surface area is 51.7 Å². The van der Waals surface area contributed by atoms with E-state index in [0.717, 1.165) is 19.6 Å². The molecule has 0 saturated carbocycles. The van der Waals surface area contributed by atoms with Gasteiger partial charge in [0.15, 0.2) is 0 Å². The molecule has 2 radical (unpaired) electrons. The Morgan fingerprint density at radius 2 is 1.75 bits per heavy atom. The fourth-order valence-electron chi connectivity index (χ4n) is 0.518. The lowest BCUT2D eigenvalue weighted by Gasteiger charge is -2.15. The SMILES string of the molecule is [CH2]CN(C[CH2])CCN. The van der Waals surface area contributed by atoms with Crippen LogP contribution < -0.4 is 5.73 Å². The molecule has 0 bridgehead atoms. The van der Waals surface area contributed by atoms with E-state index in [-0.39, 0.29) is 0 Å². The minimum absolute atomic E-state index is 0.699. The largest absolute Gasteiger partial charge is 0.329 e. The van der Waals surface area contributed by atoms with E-state index in [1.807, 2.05) is 0 Å². The molecular formula is C6H14N2. The highest BCUT2D eigenvalue weighted by Crippen LogP contribution is 1.81. The molecule has 0 aliphatic heterocycles. The van der Waals surface area contributed by atoms with Crippen molar-refractivity contribution in [3.8, 4) is 0 Å². The highest BCUT2D eigenvalue weighted by atomic mass is 15.1. The second-order valence-electron chi connectivity index (χ2n) is 1.63. The number of rotatable bonds is 4. The van der Waals surface area contributed by atoms with Crippen molar-refractivity contribution in [1.29, 1.82) is 0 Å². The summed E-state index contributed by atoms with van der Waals surface area (Å²) in [6.45, 7) is 10.6. The first kappa shape index (κ1) is 7.92. The van der Waals surface area contributed by atoms with Crippen LogP contribution in [0.15, 0.2) is 0 Å². The van der Waals surface area contributed by atoms with Crippen molar-refractivity contribution in [1.82, 2.24) is 4.90 Å². The summed E-state index contributed by atoms with van der Waals surface area (Å²) in [5.41, 5.74) is 5.28. The molecule has 0 aliphatic carbocycles. The fraction of sp³-hybridized carbons (Fsp3) is 0.667. The van der Waals surface area contributed by atoms with Gasteiger partial charge in [-0.2, -0.15) is 0 Å². The Hall–Kier alpha value is -0.0800. The first-order valence-electron chi connectivity index (χ1n) is 2.86. The van der Waals surface area contributed by atoms with Gasteiger partial charge in [-0.3, -0.25) is 0 Å². The summed E-state index contributed by atoms with van der Waals surface area (Å²) in [7, 11) is 0. The normalized spacial score (nSPS) is 10.5. The minimum Gasteiger partial charge on any atom is -0.329 e. The van der Waals surface area contributed by atoms with Crippen LogP contribution in [0.3, 0.4) is 0 Å². The zero-order valence-corrected chi connectivity index (χ0v) is 5.27. The van der Waals surface area contributed by atoms with E-state index in [4.69, 9.17) is 5.73 Å². The van der Waals surface area contributed by atoms with E-state index in [1.165, 1.54) is 0 Å². The zero-order valence-electron chi connectivity index (χ0n) is 5.27. The van der Waals surface area contributed by atoms with E-state index < -0.39 is 0 Å². The van der Waals surface area contributed by atoms with Crippen LogP contribution in [0.1, 0.15) is 0 Å². The molecule has 0 rings (SSSR count). The van der Waals surface area contributed by atoms with Gasteiger partial charge in [-0.1, -0.05) is 0 Å². The van der Waals surface area contributed by atoms with E-state index >= 15 is 0 Å². The number of nitrogens with two attached hydrogens (primary N) is 1. The van der Waals surface area contributed by atoms with E-state index in [1.54, 1.807) is 0 Å². The second kappa shape index (κ2) is 5.06. The lowest BCUT2D eigenvalue weighted by Crippen LogP contribution is -2.29. The number of nitrogens with zero attached hydrogens (tertiary/aromatic N) is 1. The molecule has 0 heterocycles. The van der Waals surface area contributed by atoms with E-state index in [9.17, 15) is 0 Å². The van der Waals surface area contributed by atoms with Crippen molar-refractivity contribution in [2.45, 2.75) is 0 Å². The van der Waals surface area contributed by atoms with Crippen LogP contribution in [0.2, 0.25) is 0 Å². The van der Waals surface area contributed by atoms with Crippen LogP contribution in [0.5, 0.6) is 0 Å². The number of hydrogen-bond acceptors (Lipinski definition) is 2. The summed E-state index contributed by atoms with van der Waals surface area (Å²) < 4.78 is 0. The summed E-state index contributed by atoms with van der Waals surface area (Å²) in [5, 5.41) is 0. The third-order valence-corrected chi connectivity index (χ3v) is 1.08. The van der Waals surface area contributed by atoms with Gasteiger partial charge in [0.1, 0.15) is 0 Å². The van der Waals surface area contributed by atoms with E-state index in [2.05, 4.69) is 18.7 Å². The fourth-order valence-corrected chi connectivity index (χ4v) is 0.518. The summed E-state index contributed by atoms with van der Waals surface area (Å²) in [5.74, 6) is 0. The van der Waals surface area contributed by atoms with Crippen LogP contribution >= 0.6 is 0 Å². The molecule has 0 aliphatic rings. The van der Waals surface area contributed by atoms with Gasteiger partial charge in [0.05, 0.1) is 0 Å². The highest BCUT2D eigenvalue weighted by Gasteiger charge is 1.93. The minimum atomic E-state index is 0.699. The van der Waals surface area contributed by atoms with Gasteiger partial charge >= 0.3 is 0 Å². The van der Waals surface area contributed by atoms with Crippen LogP contribution in [0.4, 0.5) is 0 Å². The van der Waals surface area contributed by atoms with Crippen LogP contribution in [-0.4, -0.2) is 31.1 Å². The summed E-state index contributed by atoms with van der Waals surface area (Å²) in [6, 6.07) is 0. The maximum atomic E-state index is 5.28. The van der Waals surface area contributed by atoms with Gasteiger partial charge in [0, 0.05) is 13.1 Å². The van der Waals surface area contributed by atoms with Gasteiger partial charge in [0.25, 0.3) is 0 Å². The standard InChI is InChI=1S/C6H14N2/c1-3-8(4-2)6-5-7/h1-7H2. The van der Waals surface area contributed by atoms with Gasteiger partial charge in [-0.15, -0.1) is 0 Å². The van der Waals surface area contributed by atoms with Gasteiger partial charge in [0.2, 0.25) is 0 Å². The average molecular weight is 114 g/mol. The van der Waals surface area contributed by atoms with Gasteiger partial charge < -0.3 is 10.6 Å². The summed E-state index contributed by atoms with van der Waals surface area (Å²) in [4.78, 5) is 2.08. The maximum Gasteiger partial charge on any atom is 0.0105 e. The Balaban J connectivity index is 3.07. The molecule has 0 atom stereocenters. The van der Waals surface area contributed by atoms with Crippen LogP contribution in [0.25, 0.3) is 0 Å². The molecule has 8 heavy (non-hydrogen) atoms. The molecule has 0 unspecified atom stereocenters. The van der Waals surface area contributed by atoms with Crippen molar-refractivity contribution < 1.29 is 0 Å². The van der Waals surface area contributed by atoms with Gasteiger partial charge in [-0.05, 0) is 26.9 Å². The Morgan fingerprint density at radius 1 is 1.25 bits per heavy atom. The maximum absolute atomic E-state index is 5.28. The third kappa shape index (κ3) is 2.99. The predicted molar refractivity (Wildman–Crippen MR) is 36.2 cm³/mol. The second-order valence-corrected chi connectivity index (χ2v) is 1.63. The van der Waals surface area contributed by atoms with Crippen molar-refractivity contribution >= 4 is 0 Å². The van der Waals surface area contributed by atoms with E-state index in [0.29, 0.717) is 6.54 Å². The average Bonchev–Trinajstić information content (AvgIpc) is 1.83. The molecule has 0 amide bonds. The molecule has 0 fully saturated rings. The van der Waals surface area contributed by atoms with Crippen molar-refractivity contribution in [3.05, 3.63) is 13.8 Å². The highest BCUT2D eigenvalue weighted by molar-refractivity contribution is 4.59. The summed E-state index contributed by atoms with van der Waals surface area (Å²) in [6.07, 6.45) is 0. The lowest BCUT2D eigenvalue weighted by molar-refractivity contribution is 0.342. The molecular weight excluding hydrogens is 100 g/mol. The van der Waals surface area contributed by atoms with Crippen molar-refractivity contribution in [3.63, 3.8) is 0 Å². The number of hydrogen-bond donors (Lipinski definition) is 1. The first-order chi connectivity index (χ1) is 3.85.